The number of aromatic hydroxyl groups is 1. The third-order valence-corrected chi connectivity index (χ3v) is 7.10. The van der Waals surface area contributed by atoms with Crippen LogP contribution < -0.4 is 0 Å². The Kier molecular flexibility index (Phi) is 4.67. The van der Waals surface area contributed by atoms with Gasteiger partial charge in [-0.15, -0.1) is 0 Å². The Morgan fingerprint density at radius 1 is 1.21 bits per heavy atom. The van der Waals surface area contributed by atoms with Gasteiger partial charge in [-0.2, -0.15) is 0 Å². The van der Waals surface area contributed by atoms with Gasteiger partial charge in [-0.25, -0.2) is 4.98 Å². The molecule has 1 aliphatic carbocycles. The fourth-order valence-corrected chi connectivity index (χ4v) is 5.15. The monoisotopic (exact) mass is 446 g/mol. The highest BCUT2D eigenvalue weighted by Crippen LogP contribution is 2.39. The van der Waals surface area contributed by atoms with Crippen molar-refractivity contribution in [3.8, 4) is 17.3 Å². The molecule has 0 saturated heterocycles. The number of imidazole rings is 1. The number of aryl methyl sites for hydroxylation is 1. The van der Waals surface area contributed by atoms with E-state index in [1.807, 2.05) is 25.2 Å². The molecule has 6 nitrogen and oxygen atoms in total. The summed E-state index contributed by atoms with van der Waals surface area (Å²) >= 11 is 0. The van der Waals surface area contributed by atoms with Gasteiger partial charge in [0.25, 0.3) is 5.91 Å². The summed E-state index contributed by atoms with van der Waals surface area (Å²) in [7, 11) is 2.01. The number of rotatable bonds is 6. The van der Waals surface area contributed by atoms with Crippen LogP contribution in [0.2, 0.25) is 0 Å². The zero-order chi connectivity index (χ0) is 22.7. The van der Waals surface area contributed by atoms with Gasteiger partial charge < -0.3 is 19.1 Å². The van der Waals surface area contributed by atoms with E-state index in [9.17, 15) is 14.3 Å². The molecule has 3 heterocycles. The van der Waals surface area contributed by atoms with E-state index >= 15 is 0 Å². The van der Waals surface area contributed by atoms with Crippen molar-refractivity contribution in [3.05, 3.63) is 47.5 Å². The lowest BCUT2D eigenvalue weighted by Gasteiger charge is -2.28. The van der Waals surface area contributed by atoms with E-state index in [0.717, 1.165) is 52.0 Å². The minimum atomic E-state index is -0.413. The average molecular weight is 447 g/mol. The van der Waals surface area contributed by atoms with Crippen LogP contribution in [0.15, 0.2) is 36.4 Å². The van der Waals surface area contributed by atoms with Crippen LogP contribution in [-0.2, 0) is 20.0 Å². The first-order valence-corrected chi connectivity index (χ1v) is 11.7. The molecule has 0 radical (unpaired) electrons. The number of carbonyl (C=O) groups is 1. The number of fused-ring (bicyclic) bond motifs is 3. The largest absolute Gasteiger partial charge is 0.506 e. The lowest BCUT2D eigenvalue weighted by atomic mass is 9.98. The molecule has 1 saturated carbocycles. The van der Waals surface area contributed by atoms with Gasteiger partial charge in [0.15, 0.2) is 5.82 Å². The Labute approximate surface area is 191 Å². The van der Waals surface area contributed by atoms with E-state index in [1.54, 1.807) is 11.0 Å². The summed E-state index contributed by atoms with van der Waals surface area (Å²) in [6.07, 6.45) is 3.56. The summed E-state index contributed by atoms with van der Waals surface area (Å²) < 4.78 is 16.9. The number of benzene rings is 2. The summed E-state index contributed by atoms with van der Waals surface area (Å²) in [5.74, 6) is 1.71. The molecule has 7 heteroatoms. The van der Waals surface area contributed by atoms with Gasteiger partial charge in [-0.1, -0.05) is 12.1 Å². The molecule has 4 aromatic rings. The molecule has 1 amide bonds. The number of aromatic nitrogens is 3. The van der Waals surface area contributed by atoms with Crippen molar-refractivity contribution in [2.24, 2.45) is 13.0 Å². The van der Waals surface area contributed by atoms with Crippen molar-refractivity contribution < 1.29 is 14.3 Å². The topological polar surface area (TPSA) is 63.3 Å². The third kappa shape index (κ3) is 3.29. The van der Waals surface area contributed by atoms with Crippen LogP contribution in [0.4, 0.5) is 4.39 Å². The SMILES string of the molecule is Cn1c(-c2cc3cccc(O)c3n2CC2CC2)nc2cc3c(cc21)CCN(CCCF)C3=O. The van der Waals surface area contributed by atoms with Crippen molar-refractivity contribution in [2.45, 2.75) is 32.2 Å². The number of hydrogen-bond acceptors (Lipinski definition) is 3. The van der Waals surface area contributed by atoms with E-state index in [-0.39, 0.29) is 11.7 Å². The van der Waals surface area contributed by atoms with E-state index in [2.05, 4.69) is 21.3 Å². The third-order valence-electron chi connectivity index (χ3n) is 7.10. The molecule has 0 bridgehead atoms. The maximum atomic E-state index is 13.0. The van der Waals surface area contributed by atoms with Gasteiger partial charge >= 0.3 is 0 Å². The second kappa shape index (κ2) is 7.61. The van der Waals surface area contributed by atoms with Crippen LogP contribution in [0.3, 0.4) is 0 Å². The minimum Gasteiger partial charge on any atom is -0.506 e. The van der Waals surface area contributed by atoms with Crippen LogP contribution >= 0.6 is 0 Å². The van der Waals surface area contributed by atoms with E-state index in [4.69, 9.17) is 4.98 Å². The second-order valence-corrected chi connectivity index (χ2v) is 9.38. The Hall–Kier alpha value is -3.35. The molecule has 1 aliphatic heterocycles. The highest BCUT2D eigenvalue weighted by Gasteiger charge is 2.28. The molecule has 170 valence electrons. The predicted molar refractivity (Wildman–Crippen MR) is 126 cm³/mol. The smallest absolute Gasteiger partial charge is 0.254 e. The Morgan fingerprint density at radius 2 is 2.06 bits per heavy atom. The zero-order valence-electron chi connectivity index (χ0n) is 18.7. The highest BCUT2D eigenvalue weighted by molar-refractivity contribution is 6.00. The second-order valence-electron chi connectivity index (χ2n) is 9.38. The highest BCUT2D eigenvalue weighted by atomic mass is 19.1. The first-order chi connectivity index (χ1) is 16.0. The zero-order valence-corrected chi connectivity index (χ0v) is 18.7. The average Bonchev–Trinajstić information content (AvgIpc) is 3.48. The summed E-state index contributed by atoms with van der Waals surface area (Å²) in [5, 5.41) is 11.6. The van der Waals surface area contributed by atoms with Gasteiger partial charge in [-0.05, 0) is 61.4 Å². The fraction of sp³-hybridized carbons (Fsp3) is 0.385. The van der Waals surface area contributed by atoms with Gasteiger partial charge in [0, 0.05) is 37.6 Å². The van der Waals surface area contributed by atoms with Gasteiger partial charge in [0.05, 0.1) is 28.9 Å². The van der Waals surface area contributed by atoms with Crippen molar-refractivity contribution in [1.29, 1.82) is 0 Å². The molecule has 0 spiro atoms. The number of hydrogen-bond donors (Lipinski definition) is 1. The predicted octanol–water partition coefficient (Wildman–Crippen LogP) is 4.67. The van der Waals surface area contributed by atoms with Crippen LogP contribution in [0.5, 0.6) is 5.75 Å². The van der Waals surface area contributed by atoms with Crippen molar-refractivity contribution in [3.63, 3.8) is 0 Å². The molecule has 1 fully saturated rings. The quantitative estimate of drug-likeness (QED) is 0.468. The van der Waals surface area contributed by atoms with Crippen LogP contribution in [0.25, 0.3) is 33.5 Å². The molecule has 33 heavy (non-hydrogen) atoms. The number of halogens is 1. The van der Waals surface area contributed by atoms with E-state index in [0.29, 0.717) is 31.0 Å². The lowest BCUT2D eigenvalue weighted by molar-refractivity contribution is 0.0735. The maximum absolute atomic E-state index is 13.0. The van der Waals surface area contributed by atoms with Crippen molar-refractivity contribution in [2.75, 3.05) is 19.8 Å². The van der Waals surface area contributed by atoms with Gasteiger partial charge in [-0.3, -0.25) is 9.18 Å². The number of nitrogens with zero attached hydrogens (tertiary/aromatic N) is 4. The fourth-order valence-electron chi connectivity index (χ4n) is 5.15. The van der Waals surface area contributed by atoms with Crippen LogP contribution in [0, 0.1) is 5.92 Å². The van der Waals surface area contributed by atoms with Gasteiger partial charge in [0.2, 0.25) is 0 Å². The van der Waals surface area contributed by atoms with E-state index < -0.39 is 6.67 Å². The van der Waals surface area contributed by atoms with Gasteiger partial charge in [0.1, 0.15) is 5.75 Å². The molecule has 0 atom stereocenters. The van der Waals surface area contributed by atoms with Crippen molar-refractivity contribution in [1.82, 2.24) is 19.0 Å². The summed E-state index contributed by atoms with van der Waals surface area (Å²) in [6.45, 7) is 1.52. The molecule has 6 rings (SSSR count). The Bertz CT molecular complexity index is 1400. The standard InChI is InChI=1S/C26H27FN4O2/c1-29-21-12-17-8-11-30(10-3-9-27)26(33)19(17)14-20(21)28-25(29)22-13-18-4-2-5-23(32)24(18)31(22)15-16-6-7-16/h2,4-5,12-14,16,32H,3,6-11,15H2,1H3. The van der Waals surface area contributed by atoms with Crippen LogP contribution in [-0.4, -0.2) is 49.8 Å². The number of para-hydroxylation sites is 1. The normalized spacial score (nSPS) is 16.2. The Balaban J connectivity index is 1.48. The number of phenolic OH excluding ortho intramolecular Hbond substituents is 1. The number of phenols is 1. The molecular weight excluding hydrogens is 419 g/mol. The summed E-state index contributed by atoms with van der Waals surface area (Å²) in [6, 6.07) is 11.7. The molecular formula is C26H27FN4O2. The summed E-state index contributed by atoms with van der Waals surface area (Å²) in [5.41, 5.74) is 5.29. The minimum absolute atomic E-state index is 0.0356. The number of alkyl halides is 1. The molecule has 2 aromatic carbocycles. The maximum Gasteiger partial charge on any atom is 0.254 e. The molecule has 1 N–H and O–H groups in total. The van der Waals surface area contributed by atoms with Crippen LogP contribution in [0.1, 0.15) is 35.2 Å². The molecule has 2 aromatic heterocycles. The number of carbonyl (C=O) groups excluding carboxylic acids is 1. The first kappa shape index (κ1) is 20.3. The number of amides is 1. The molecule has 0 unspecified atom stereocenters. The molecule has 2 aliphatic rings. The lowest BCUT2D eigenvalue weighted by Crippen LogP contribution is -2.38. The Morgan fingerprint density at radius 3 is 2.85 bits per heavy atom. The first-order valence-electron chi connectivity index (χ1n) is 11.7. The van der Waals surface area contributed by atoms with E-state index in [1.165, 1.54) is 12.8 Å². The summed E-state index contributed by atoms with van der Waals surface area (Å²) in [4.78, 5) is 19.7. The van der Waals surface area contributed by atoms with Crippen molar-refractivity contribution >= 4 is 27.8 Å².